The van der Waals surface area contributed by atoms with E-state index in [0.717, 1.165) is 5.57 Å². The number of esters is 1. The second-order valence-corrected chi connectivity index (χ2v) is 3.94. The van der Waals surface area contributed by atoms with E-state index in [-0.39, 0.29) is 11.7 Å². The zero-order valence-electron chi connectivity index (χ0n) is 9.37. The lowest BCUT2D eigenvalue weighted by Crippen LogP contribution is -2.35. The van der Waals surface area contributed by atoms with Gasteiger partial charge in [-0.1, -0.05) is 18.2 Å². The molecule has 3 heteroatoms. The molecule has 0 fully saturated rings. The number of ether oxygens (including phenoxy) is 1. The van der Waals surface area contributed by atoms with Crippen LogP contribution in [0.2, 0.25) is 0 Å². The number of allylic oxidation sites excluding steroid dienone is 3. The third-order valence-electron chi connectivity index (χ3n) is 2.84. The average molecular weight is 208 g/mol. The van der Waals surface area contributed by atoms with E-state index in [2.05, 4.69) is 11.3 Å². The Labute approximate surface area is 89.8 Å². The Kier molecular flexibility index (Phi) is 3.45. The molecular formula is C12H16O3. The molecule has 0 radical (unpaired) electrons. The van der Waals surface area contributed by atoms with Crippen molar-refractivity contribution < 1.29 is 14.3 Å². The van der Waals surface area contributed by atoms with Gasteiger partial charge in [0.15, 0.2) is 5.78 Å². The summed E-state index contributed by atoms with van der Waals surface area (Å²) < 4.78 is 4.66. The maximum Gasteiger partial charge on any atom is 0.317 e. The summed E-state index contributed by atoms with van der Waals surface area (Å²) in [6, 6.07) is 0. The van der Waals surface area contributed by atoms with Crippen LogP contribution in [0.25, 0.3) is 0 Å². The van der Waals surface area contributed by atoms with Crippen LogP contribution >= 0.6 is 0 Å². The first-order valence-corrected chi connectivity index (χ1v) is 4.93. The zero-order chi connectivity index (χ0) is 11.6. The number of carbonyl (C=O) groups excluding carboxylic acids is 2. The van der Waals surface area contributed by atoms with Crippen molar-refractivity contribution in [2.24, 2.45) is 11.8 Å². The summed E-state index contributed by atoms with van der Waals surface area (Å²) in [6.07, 6.45) is 2.55. The van der Waals surface area contributed by atoms with Gasteiger partial charge < -0.3 is 4.74 Å². The van der Waals surface area contributed by atoms with Crippen molar-refractivity contribution >= 4 is 11.8 Å². The van der Waals surface area contributed by atoms with Gasteiger partial charge in [-0.2, -0.15) is 0 Å². The predicted octanol–water partition coefficient (Wildman–Crippen LogP) is 1.89. The summed E-state index contributed by atoms with van der Waals surface area (Å²) >= 11 is 0. The molecule has 2 atom stereocenters. The minimum atomic E-state index is -0.697. The number of ketones is 1. The highest BCUT2D eigenvalue weighted by Crippen LogP contribution is 2.32. The topological polar surface area (TPSA) is 43.4 Å². The molecule has 0 N–H and O–H groups in total. The van der Waals surface area contributed by atoms with E-state index < -0.39 is 11.9 Å². The smallest absolute Gasteiger partial charge is 0.317 e. The summed E-state index contributed by atoms with van der Waals surface area (Å²) in [4.78, 5) is 23.4. The van der Waals surface area contributed by atoms with Crippen LogP contribution in [0.1, 0.15) is 20.3 Å². The second kappa shape index (κ2) is 4.43. The first-order chi connectivity index (χ1) is 6.99. The van der Waals surface area contributed by atoms with Gasteiger partial charge in [0.1, 0.15) is 5.92 Å². The molecule has 0 saturated heterocycles. The van der Waals surface area contributed by atoms with Crippen molar-refractivity contribution in [3.8, 4) is 0 Å². The molecular weight excluding hydrogens is 192 g/mol. The maximum atomic E-state index is 11.8. The van der Waals surface area contributed by atoms with Crippen LogP contribution in [0.5, 0.6) is 0 Å². The Morgan fingerprint density at radius 1 is 1.60 bits per heavy atom. The van der Waals surface area contributed by atoms with E-state index in [9.17, 15) is 9.59 Å². The van der Waals surface area contributed by atoms with E-state index in [1.807, 2.05) is 13.0 Å². The van der Waals surface area contributed by atoms with Crippen LogP contribution in [0.15, 0.2) is 23.8 Å². The molecule has 0 aromatic carbocycles. The summed E-state index contributed by atoms with van der Waals surface area (Å²) in [5.41, 5.74) is 1.49. The van der Waals surface area contributed by atoms with Gasteiger partial charge in [-0.25, -0.2) is 0 Å². The molecule has 0 spiro atoms. The summed E-state index contributed by atoms with van der Waals surface area (Å²) in [7, 11) is 1.30. The first-order valence-electron chi connectivity index (χ1n) is 4.93. The zero-order valence-corrected chi connectivity index (χ0v) is 9.37. The standard InChI is InChI=1S/C12H16O3/c1-7(2)9-6-5-8(3)11(13)10(9)12(14)15-4/h5,9-10H,1,6H2,2-4H3/t9-,10-/m1/s1. The number of Topliss-reactive ketones (excluding diaryl/α,β-unsaturated/α-hetero) is 1. The molecule has 0 heterocycles. The lowest BCUT2D eigenvalue weighted by atomic mass is 9.76. The summed E-state index contributed by atoms with van der Waals surface area (Å²) in [6.45, 7) is 7.38. The van der Waals surface area contributed by atoms with Gasteiger partial charge in [-0.05, 0) is 25.8 Å². The van der Waals surface area contributed by atoms with Crippen molar-refractivity contribution in [1.29, 1.82) is 0 Å². The molecule has 0 aliphatic heterocycles. The molecule has 1 rings (SSSR count). The fraction of sp³-hybridized carbons (Fsp3) is 0.500. The third-order valence-corrected chi connectivity index (χ3v) is 2.84. The summed E-state index contributed by atoms with van der Waals surface area (Å²) in [5.74, 6) is -1.41. The molecule has 1 aliphatic rings. The molecule has 0 saturated carbocycles. The van der Waals surface area contributed by atoms with Crippen LogP contribution in [-0.2, 0) is 14.3 Å². The van der Waals surface area contributed by atoms with Crippen LogP contribution in [-0.4, -0.2) is 18.9 Å². The van der Waals surface area contributed by atoms with Gasteiger partial charge >= 0.3 is 5.97 Å². The highest BCUT2D eigenvalue weighted by atomic mass is 16.5. The molecule has 0 bridgehead atoms. The van der Waals surface area contributed by atoms with Gasteiger partial charge in [-0.15, -0.1) is 0 Å². The van der Waals surface area contributed by atoms with Crippen LogP contribution in [0.3, 0.4) is 0 Å². The number of hydrogen-bond donors (Lipinski definition) is 0. The van der Waals surface area contributed by atoms with Gasteiger partial charge in [0.25, 0.3) is 0 Å². The lowest BCUT2D eigenvalue weighted by Gasteiger charge is -2.27. The van der Waals surface area contributed by atoms with Gasteiger partial charge in [0, 0.05) is 5.92 Å². The SMILES string of the molecule is C=C(C)[C@H]1CC=C(C)C(=O)[C@@H]1C(=O)OC. The first kappa shape index (κ1) is 11.7. The highest BCUT2D eigenvalue weighted by molar-refractivity contribution is 6.09. The van der Waals surface area contributed by atoms with Crippen molar-refractivity contribution in [2.45, 2.75) is 20.3 Å². The minimum Gasteiger partial charge on any atom is -0.468 e. The number of rotatable bonds is 2. The maximum absolute atomic E-state index is 11.8. The van der Waals surface area contributed by atoms with Gasteiger partial charge in [0.2, 0.25) is 0 Å². The molecule has 3 nitrogen and oxygen atoms in total. The van der Waals surface area contributed by atoms with E-state index in [0.29, 0.717) is 12.0 Å². The molecule has 82 valence electrons. The minimum absolute atomic E-state index is 0.117. The Hall–Kier alpha value is -1.38. The molecule has 0 unspecified atom stereocenters. The van der Waals surface area contributed by atoms with Crippen molar-refractivity contribution in [3.63, 3.8) is 0 Å². The fourth-order valence-corrected chi connectivity index (χ4v) is 1.85. The predicted molar refractivity (Wildman–Crippen MR) is 57.2 cm³/mol. The molecule has 0 amide bonds. The fourth-order valence-electron chi connectivity index (χ4n) is 1.85. The normalized spacial score (nSPS) is 25.8. The number of hydrogen-bond acceptors (Lipinski definition) is 3. The Morgan fingerprint density at radius 3 is 2.67 bits per heavy atom. The average Bonchev–Trinajstić information content (AvgIpc) is 2.20. The lowest BCUT2D eigenvalue weighted by molar-refractivity contribution is -0.150. The highest BCUT2D eigenvalue weighted by Gasteiger charge is 2.38. The molecule has 0 aromatic heterocycles. The van der Waals surface area contributed by atoms with Crippen molar-refractivity contribution in [3.05, 3.63) is 23.8 Å². The van der Waals surface area contributed by atoms with Gasteiger partial charge in [0.05, 0.1) is 7.11 Å². The monoisotopic (exact) mass is 208 g/mol. The summed E-state index contributed by atoms with van der Waals surface area (Å²) in [5, 5.41) is 0. The van der Waals surface area contributed by atoms with Crippen LogP contribution in [0, 0.1) is 11.8 Å². The Balaban J connectivity index is 3.05. The molecule has 15 heavy (non-hydrogen) atoms. The Bertz CT molecular complexity index is 339. The quantitative estimate of drug-likeness (QED) is 0.395. The van der Waals surface area contributed by atoms with Crippen molar-refractivity contribution in [2.75, 3.05) is 7.11 Å². The van der Waals surface area contributed by atoms with E-state index in [4.69, 9.17) is 0 Å². The second-order valence-electron chi connectivity index (χ2n) is 3.94. The van der Waals surface area contributed by atoms with Gasteiger partial charge in [-0.3, -0.25) is 9.59 Å². The van der Waals surface area contributed by atoms with Crippen LogP contribution < -0.4 is 0 Å². The van der Waals surface area contributed by atoms with Crippen LogP contribution in [0.4, 0.5) is 0 Å². The van der Waals surface area contributed by atoms with E-state index >= 15 is 0 Å². The molecule has 0 aromatic rings. The third kappa shape index (κ3) is 2.17. The van der Waals surface area contributed by atoms with Crippen molar-refractivity contribution in [1.82, 2.24) is 0 Å². The largest absolute Gasteiger partial charge is 0.468 e. The number of carbonyl (C=O) groups is 2. The molecule has 1 aliphatic carbocycles. The van der Waals surface area contributed by atoms with E-state index in [1.165, 1.54) is 7.11 Å². The number of methoxy groups -OCH3 is 1. The Morgan fingerprint density at radius 2 is 2.20 bits per heavy atom. The van der Waals surface area contributed by atoms with E-state index in [1.54, 1.807) is 6.92 Å².